The third kappa shape index (κ3) is 3.12. The van der Waals surface area contributed by atoms with E-state index in [4.69, 9.17) is 10.5 Å². The van der Waals surface area contributed by atoms with Gasteiger partial charge >= 0.3 is 6.18 Å². The van der Waals surface area contributed by atoms with Gasteiger partial charge in [-0.15, -0.1) is 0 Å². The van der Waals surface area contributed by atoms with Crippen LogP contribution in [0.2, 0.25) is 0 Å². The van der Waals surface area contributed by atoms with Crippen LogP contribution < -0.4 is 10.5 Å². The molecule has 4 N–H and O–H groups in total. The van der Waals surface area contributed by atoms with Crippen molar-refractivity contribution in [3.63, 3.8) is 0 Å². The predicted octanol–water partition coefficient (Wildman–Crippen LogP) is 1.07. The third-order valence-corrected chi connectivity index (χ3v) is 2.48. The van der Waals surface area contributed by atoms with Crippen molar-refractivity contribution < 1.29 is 28.1 Å². The summed E-state index contributed by atoms with van der Waals surface area (Å²) in [5, 5.41) is 19.1. The van der Waals surface area contributed by atoms with Crippen molar-refractivity contribution in [3.05, 3.63) is 29.3 Å². The molecule has 1 aromatic rings. The Labute approximate surface area is 102 Å². The van der Waals surface area contributed by atoms with E-state index in [1.807, 2.05) is 0 Å². The molecule has 7 heteroatoms. The third-order valence-electron chi connectivity index (χ3n) is 2.48. The fourth-order valence-corrected chi connectivity index (χ4v) is 1.48. The summed E-state index contributed by atoms with van der Waals surface area (Å²) >= 11 is 0. The van der Waals surface area contributed by atoms with Gasteiger partial charge in [0.1, 0.15) is 11.9 Å². The van der Waals surface area contributed by atoms with E-state index < -0.39 is 23.9 Å². The highest BCUT2D eigenvalue weighted by molar-refractivity contribution is 5.40. The Balaban J connectivity index is 3.22. The Bertz CT molecular complexity index is 409. The number of ether oxygens (including phenoxy) is 1. The quantitative estimate of drug-likeness (QED) is 0.761. The summed E-state index contributed by atoms with van der Waals surface area (Å²) in [6.07, 6.45) is -7.43. The molecule has 0 amide bonds. The minimum atomic E-state index is -4.53. The highest BCUT2D eigenvalue weighted by Crippen LogP contribution is 2.35. The number of hydrogen-bond acceptors (Lipinski definition) is 4. The van der Waals surface area contributed by atoms with E-state index in [0.29, 0.717) is 0 Å². The smallest absolute Gasteiger partial charge is 0.416 e. The molecule has 18 heavy (non-hydrogen) atoms. The number of alkyl halides is 3. The first-order valence-corrected chi connectivity index (χ1v) is 5.12. The van der Waals surface area contributed by atoms with Gasteiger partial charge < -0.3 is 20.7 Å². The number of aliphatic hydroxyl groups is 2. The average Bonchev–Trinajstić information content (AvgIpc) is 2.35. The van der Waals surface area contributed by atoms with Crippen molar-refractivity contribution in [1.29, 1.82) is 0 Å². The van der Waals surface area contributed by atoms with Gasteiger partial charge in [0.15, 0.2) is 0 Å². The minimum Gasteiger partial charge on any atom is -0.496 e. The molecule has 0 spiro atoms. The minimum absolute atomic E-state index is 0.0583. The van der Waals surface area contributed by atoms with E-state index in [0.717, 1.165) is 18.2 Å². The van der Waals surface area contributed by atoms with Crippen molar-refractivity contribution in [1.82, 2.24) is 0 Å². The van der Waals surface area contributed by atoms with Crippen LogP contribution >= 0.6 is 0 Å². The van der Waals surface area contributed by atoms with Crippen LogP contribution in [0.4, 0.5) is 13.2 Å². The molecule has 0 saturated heterocycles. The fourth-order valence-electron chi connectivity index (χ4n) is 1.48. The van der Waals surface area contributed by atoms with Crippen molar-refractivity contribution in [2.75, 3.05) is 13.7 Å². The topological polar surface area (TPSA) is 75.7 Å². The van der Waals surface area contributed by atoms with Crippen LogP contribution in [-0.4, -0.2) is 30.0 Å². The Morgan fingerprint density at radius 1 is 1.33 bits per heavy atom. The molecule has 0 fully saturated rings. The second-order valence-corrected chi connectivity index (χ2v) is 3.70. The van der Waals surface area contributed by atoms with Gasteiger partial charge in [-0.25, -0.2) is 0 Å². The second-order valence-electron chi connectivity index (χ2n) is 3.70. The van der Waals surface area contributed by atoms with Crippen molar-refractivity contribution >= 4 is 0 Å². The highest BCUT2D eigenvalue weighted by atomic mass is 19.4. The molecule has 2 unspecified atom stereocenters. The first-order chi connectivity index (χ1) is 8.31. The summed E-state index contributed by atoms with van der Waals surface area (Å²) in [5.41, 5.74) is 4.08. The monoisotopic (exact) mass is 265 g/mol. The summed E-state index contributed by atoms with van der Waals surface area (Å²) in [5.74, 6) is 0.0583. The number of methoxy groups -OCH3 is 1. The molecule has 0 saturated carbocycles. The maximum absolute atomic E-state index is 12.5. The van der Waals surface area contributed by atoms with Gasteiger partial charge in [0, 0.05) is 12.1 Å². The van der Waals surface area contributed by atoms with Crippen molar-refractivity contribution in [3.8, 4) is 5.75 Å². The van der Waals surface area contributed by atoms with E-state index in [2.05, 4.69) is 0 Å². The van der Waals surface area contributed by atoms with Crippen molar-refractivity contribution in [2.45, 2.75) is 18.4 Å². The van der Waals surface area contributed by atoms with Gasteiger partial charge in [-0.05, 0) is 18.2 Å². The van der Waals surface area contributed by atoms with Crippen LogP contribution in [-0.2, 0) is 6.18 Å². The lowest BCUT2D eigenvalue weighted by Crippen LogP contribution is -2.27. The van der Waals surface area contributed by atoms with Crippen LogP contribution in [0, 0.1) is 0 Å². The first kappa shape index (κ1) is 14.7. The van der Waals surface area contributed by atoms with Crippen LogP contribution in [0.25, 0.3) is 0 Å². The lowest BCUT2D eigenvalue weighted by atomic mass is 10.0. The second kappa shape index (κ2) is 5.55. The largest absolute Gasteiger partial charge is 0.496 e. The molecule has 0 aromatic heterocycles. The molecule has 0 aliphatic heterocycles. The molecular weight excluding hydrogens is 251 g/mol. The van der Waals surface area contributed by atoms with Crippen LogP contribution in [0.3, 0.4) is 0 Å². The molecule has 1 rings (SSSR count). The average molecular weight is 265 g/mol. The van der Waals surface area contributed by atoms with Gasteiger partial charge in [-0.1, -0.05) is 0 Å². The van der Waals surface area contributed by atoms with E-state index in [9.17, 15) is 23.4 Å². The number of aliphatic hydroxyl groups excluding tert-OH is 2. The molecule has 0 heterocycles. The first-order valence-electron chi connectivity index (χ1n) is 5.12. The summed E-state index contributed by atoms with van der Waals surface area (Å²) < 4.78 is 42.5. The zero-order valence-electron chi connectivity index (χ0n) is 9.61. The maximum Gasteiger partial charge on any atom is 0.416 e. The van der Waals surface area contributed by atoms with E-state index in [1.54, 1.807) is 0 Å². The Morgan fingerprint density at radius 2 is 1.94 bits per heavy atom. The maximum atomic E-state index is 12.5. The summed E-state index contributed by atoms with van der Waals surface area (Å²) in [4.78, 5) is 0. The lowest BCUT2D eigenvalue weighted by molar-refractivity contribution is -0.137. The van der Waals surface area contributed by atoms with Crippen LogP contribution in [0.5, 0.6) is 5.75 Å². The van der Waals surface area contributed by atoms with E-state index in [1.165, 1.54) is 7.11 Å². The number of halogens is 3. The standard InChI is InChI=1S/C11H14F3NO3/c1-18-9-3-2-6(11(12,13)14)4-7(9)10(17)8(16)5-15/h2-4,8,10,16-17H,5,15H2,1H3. The normalized spacial score (nSPS) is 15.3. The fraction of sp³-hybridized carbons (Fsp3) is 0.455. The molecule has 102 valence electrons. The van der Waals surface area contributed by atoms with Gasteiger partial charge in [0.2, 0.25) is 0 Å². The number of rotatable bonds is 4. The Morgan fingerprint density at radius 3 is 2.39 bits per heavy atom. The number of benzene rings is 1. The molecular formula is C11H14F3NO3. The van der Waals surface area contributed by atoms with Gasteiger partial charge in [-0.2, -0.15) is 13.2 Å². The van der Waals surface area contributed by atoms with Gasteiger partial charge in [0.05, 0.1) is 18.8 Å². The molecule has 0 aliphatic rings. The van der Waals surface area contributed by atoms with E-state index >= 15 is 0 Å². The molecule has 0 radical (unpaired) electrons. The Kier molecular flexibility index (Phi) is 4.55. The zero-order valence-corrected chi connectivity index (χ0v) is 9.61. The predicted molar refractivity (Wildman–Crippen MR) is 58.0 cm³/mol. The molecule has 1 aromatic carbocycles. The van der Waals surface area contributed by atoms with Crippen LogP contribution in [0.1, 0.15) is 17.2 Å². The lowest BCUT2D eigenvalue weighted by Gasteiger charge is -2.20. The molecule has 4 nitrogen and oxygen atoms in total. The number of nitrogens with two attached hydrogens (primary N) is 1. The molecule has 2 atom stereocenters. The number of hydrogen-bond donors (Lipinski definition) is 3. The Hall–Kier alpha value is -1.31. The highest BCUT2D eigenvalue weighted by Gasteiger charge is 2.32. The SMILES string of the molecule is COc1ccc(C(F)(F)F)cc1C(O)C(O)CN. The van der Waals surface area contributed by atoms with E-state index in [-0.39, 0.29) is 17.9 Å². The summed E-state index contributed by atoms with van der Waals surface area (Å²) in [6, 6.07) is 2.66. The van der Waals surface area contributed by atoms with Crippen molar-refractivity contribution in [2.24, 2.45) is 5.73 Å². The summed E-state index contributed by atoms with van der Waals surface area (Å²) in [6.45, 7) is -0.277. The van der Waals surface area contributed by atoms with Crippen LogP contribution in [0.15, 0.2) is 18.2 Å². The summed E-state index contributed by atoms with van der Waals surface area (Å²) in [7, 11) is 1.26. The zero-order chi connectivity index (χ0) is 13.9. The molecule has 0 bridgehead atoms. The van der Waals surface area contributed by atoms with Gasteiger partial charge in [-0.3, -0.25) is 0 Å². The van der Waals surface area contributed by atoms with Gasteiger partial charge in [0.25, 0.3) is 0 Å². The molecule has 0 aliphatic carbocycles.